The third kappa shape index (κ3) is 3.79. The second kappa shape index (κ2) is 8.64. The van der Waals surface area contributed by atoms with Crippen molar-refractivity contribution in [2.75, 3.05) is 14.2 Å². The Labute approximate surface area is 177 Å². The van der Waals surface area contributed by atoms with Crippen LogP contribution in [0.4, 0.5) is 0 Å². The summed E-state index contributed by atoms with van der Waals surface area (Å²) in [5.41, 5.74) is 1.71. The molecule has 8 heteroatoms. The van der Waals surface area contributed by atoms with Crippen LogP contribution >= 0.6 is 11.3 Å². The molecule has 4 rings (SSSR count). The number of amides is 1. The third-order valence-corrected chi connectivity index (χ3v) is 5.90. The lowest BCUT2D eigenvalue weighted by molar-refractivity contribution is 0.0942. The molecule has 7 nitrogen and oxygen atoms in total. The molecule has 0 radical (unpaired) electrons. The summed E-state index contributed by atoms with van der Waals surface area (Å²) in [6.45, 7) is 2.14. The number of carbonyl (C=O) groups is 1. The van der Waals surface area contributed by atoms with E-state index in [4.69, 9.17) is 13.9 Å². The van der Waals surface area contributed by atoms with Gasteiger partial charge in [0, 0.05) is 7.11 Å². The summed E-state index contributed by atoms with van der Waals surface area (Å²) >= 11 is 1.31. The number of aromatic nitrogens is 2. The maximum absolute atomic E-state index is 13.3. The smallest absolute Gasteiger partial charge is 0.262 e. The van der Waals surface area contributed by atoms with Gasteiger partial charge < -0.3 is 19.2 Å². The predicted molar refractivity (Wildman–Crippen MR) is 114 cm³/mol. The van der Waals surface area contributed by atoms with Crippen molar-refractivity contribution in [1.82, 2.24) is 15.3 Å². The summed E-state index contributed by atoms with van der Waals surface area (Å²) in [6, 6.07) is 13.0. The molecule has 1 atom stereocenters. The van der Waals surface area contributed by atoms with Crippen LogP contribution in [0.3, 0.4) is 0 Å². The lowest BCUT2D eigenvalue weighted by atomic mass is 10.0. The molecule has 0 spiro atoms. The molecule has 0 saturated carbocycles. The molecule has 30 heavy (non-hydrogen) atoms. The molecule has 1 unspecified atom stereocenters. The molecule has 3 heterocycles. The van der Waals surface area contributed by atoms with Crippen LogP contribution in [0.5, 0.6) is 5.88 Å². The Morgan fingerprint density at radius 1 is 1.17 bits per heavy atom. The minimum atomic E-state index is -0.407. The summed E-state index contributed by atoms with van der Waals surface area (Å²) in [7, 11) is 3.13. The predicted octanol–water partition coefficient (Wildman–Crippen LogP) is 4.27. The number of furan rings is 1. The number of methoxy groups -OCH3 is 2. The van der Waals surface area contributed by atoms with E-state index in [0.717, 1.165) is 16.5 Å². The fraction of sp³-hybridized carbons (Fsp3) is 0.227. The molecule has 0 aliphatic carbocycles. The minimum Gasteiger partial charge on any atom is -0.480 e. The number of carbonyl (C=O) groups excluding carboxylic acids is 1. The maximum atomic E-state index is 13.3. The molecule has 0 bridgehead atoms. The number of fused-ring (bicyclic) bond motifs is 1. The van der Waals surface area contributed by atoms with Crippen molar-refractivity contribution in [1.29, 1.82) is 0 Å². The summed E-state index contributed by atoms with van der Waals surface area (Å²) in [6.07, 6.45) is 1.60. The van der Waals surface area contributed by atoms with Crippen LogP contribution in [0.1, 0.15) is 38.4 Å². The van der Waals surface area contributed by atoms with Crippen molar-refractivity contribution in [2.45, 2.75) is 19.6 Å². The minimum absolute atomic E-state index is 0.212. The average molecular weight is 423 g/mol. The highest BCUT2D eigenvalue weighted by Gasteiger charge is 2.25. The van der Waals surface area contributed by atoms with Gasteiger partial charge in [0.2, 0.25) is 5.88 Å². The molecule has 3 aromatic heterocycles. The molecule has 0 fully saturated rings. The first kappa shape index (κ1) is 20.1. The quantitative estimate of drug-likeness (QED) is 0.478. The number of rotatable bonds is 7. The first-order valence-electron chi connectivity index (χ1n) is 9.34. The van der Waals surface area contributed by atoms with Gasteiger partial charge >= 0.3 is 0 Å². The Bertz CT molecular complexity index is 1160. The Morgan fingerprint density at radius 3 is 2.63 bits per heavy atom. The van der Waals surface area contributed by atoms with E-state index in [1.165, 1.54) is 11.3 Å². The van der Waals surface area contributed by atoms with E-state index < -0.39 is 6.04 Å². The number of thiophene rings is 1. The van der Waals surface area contributed by atoms with Crippen molar-refractivity contribution in [3.05, 3.63) is 76.3 Å². The van der Waals surface area contributed by atoms with Crippen molar-refractivity contribution in [3.63, 3.8) is 0 Å². The summed E-state index contributed by atoms with van der Waals surface area (Å²) < 4.78 is 16.2. The highest BCUT2D eigenvalue weighted by Crippen LogP contribution is 2.35. The monoisotopic (exact) mass is 423 g/mol. The molecule has 0 aliphatic heterocycles. The number of nitrogens with one attached hydrogen (secondary N) is 1. The van der Waals surface area contributed by atoms with Crippen LogP contribution < -0.4 is 10.1 Å². The largest absolute Gasteiger partial charge is 0.480 e. The zero-order valence-corrected chi connectivity index (χ0v) is 17.7. The second-order valence-corrected chi connectivity index (χ2v) is 7.65. The molecular formula is C22H21N3O4S. The Kier molecular flexibility index (Phi) is 5.78. The number of benzene rings is 1. The maximum Gasteiger partial charge on any atom is 0.262 e. The van der Waals surface area contributed by atoms with E-state index in [1.54, 1.807) is 26.5 Å². The topological polar surface area (TPSA) is 86.5 Å². The van der Waals surface area contributed by atoms with Gasteiger partial charge in [-0.15, -0.1) is 11.3 Å². The highest BCUT2D eigenvalue weighted by atomic mass is 32.1. The Balaban J connectivity index is 1.72. The van der Waals surface area contributed by atoms with Gasteiger partial charge in [-0.25, -0.2) is 4.98 Å². The first-order chi connectivity index (χ1) is 14.6. The zero-order chi connectivity index (χ0) is 21.1. The van der Waals surface area contributed by atoms with Gasteiger partial charge in [0.05, 0.1) is 23.6 Å². The van der Waals surface area contributed by atoms with E-state index in [1.807, 2.05) is 43.3 Å². The molecule has 154 valence electrons. The van der Waals surface area contributed by atoms with E-state index in [2.05, 4.69) is 15.3 Å². The molecular weight excluding hydrogens is 402 g/mol. The fourth-order valence-corrected chi connectivity index (χ4v) is 4.41. The van der Waals surface area contributed by atoms with Crippen LogP contribution in [-0.4, -0.2) is 30.1 Å². The van der Waals surface area contributed by atoms with Gasteiger partial charge in [0.1, 0.15) is 23.2 Å². The van der Waals surface area contributed by atoms with Crippen molar-refractivity contribution in [3.8, 4) is 5.88 Å². The highest BCUT2D eigenvalue weighted by molar-refractivity contribution is 7.20. The Hall–Kier alpha value is -3.23. The molecule has 1 N–H and O–H groups in total. The molecule has 0 aliphatic rings. The number of aryl methyl sites for hydroxylation is 1. The third-order valence-electron chi connectivity index (χ3n) is 4.71. The lowest BCUT2D eigenvalue weighted by Gasteiger charge is -2.17. The van der Waals surface area contributed by atoms with Crippen molar-refractivity contribution >= 4 is 27.5 Å². The summed E-state index contributed by atoms with van der Waals surface area (Å²) in [5.74, 6) is 1.39. The van der Waals surface area contributed by atoms with Crippen LogP contribution in [0.25, 0.3) is 10.2 Å². The SMILES string of the molecule is COCc1nc(OC)c2c(C)c(C(=O)NC(c3ccccc3)c3ccco3)sc2n1. The van der Waals surface area contributed by atoms with E-state index in [0.29, 0.717) is 27.2 Å². The van der Waals surface area contributed by atoms with Crippen LogP contribution in [0.15, 0.2) is 53.1 Å². The van der Waals surface area contributed by atoms with Gasteiger partial charge in [0.15, 0.2) is 5.82 Å². The van der Waals surface area contributed by atoms with Gasteiger partial charge in [-0.1, -0.05) is 30.3 Å². The van der Waals surface area contributed by atoms with Gasteiger partial charge in [-0.2, -0.15) is 4.98 Å². The first-order valence-corrected chi connectivity index (χ1v) is 10.2. The molecule has 0 saturated heterocycles. The normalized spacial score (nSPS) is 12.1. The number of hydrogen-bond donors (Lipinski definition) is 1. The summed E-state index contributed by atoms with van der Waals surface area (Å²) in [4.78, 5) is 23.4. The van der Waals surface area contributed by atoms with Crippen LogP contribution in [0, 0.1) is 6.92 Å². The second-order valence-electron chi connectivity index (χ2n) is 6.65. The standard InChI is InChI=1S/C22H21N3O4S/c1-13-17-21(28-3)23-16(12-27-2)24-22(17)30-19(13)20(26)25-18(15-10-7-11-29-15)14-8-5-4-6-9-14/h4-11,18H,12H2,1-3H3,(H,25,26). The van der Waals surface area contributed by atoms with Crippen molar-refractivity contribution < 1.29 is 18.7 Å². The lowest BCUT2D eigenvalue weighted by Crippen LogP contribution is -2.28. The van der Waals surface area contributed by atoms with E-state index >= 15 is 0 Å². The molecule has 1 amide bonds. The van der Waals surface area contributed by atoms with Gasteiger partial charge in [0.25, 0.3) is 5.91 Å². The molecule has 4 aromatic rings. The van der Waals surface area contributed by atoms with Gasteiger partial charge in [-0.3, -0.25) is 4.79 Å². The summed E-state index contributed by atoms with van der Waals surface area (Å²) in [5, 5.41) is 3.83. The van der Waals surface area contributed by atoms with Crippen LogP contribution in [-0.2, 0) is 11.3 Å². The van der Waals surface area contributed by atoms with Crippen molar-refractivity contribution in [2.24, 2.45) is 0 Å². The average Bonchev–Trinajstić information content (AvgIpc) is 3.41. The number of ether oxygens (including phenoxy) is 2. The van der Waals surface area contributed by atoms with Crippen LogP contribution in [0.2, 0.25) is 0 Å². The van der Waals surface area contributed by atoms with E-state index in [9.17, 15) is 4.79 Å². The van der Waals surface area contributed by atoms with E-state index in [-0.39, 0.29) is 12.5 Å². The molecule has 1 aromatic carbocycles. The fourth-order valence-electron chi connectivity index (χ4n) is 3.32. The zero-order valence-electron chi connectivity index (χ0n) is 16.8. The Morgan fingerprint density at radius 2 is 1.97 bits per heavy atom. The number of hydrogen-bond acceptors (Lipinski definition) is 7. The van der Waals surface area contributed by atoms with Gasteiger partial charge in [-0.05, 0) is 30.2 Å². The number of nitrogens with zero attached hydrogens (tertiary/aromatic N) is 2.